The van der Waals surface area contributed by atoms with Gasteiger partial charge in [-0.1, -0.05) is 18.4 Å². The Kier molecular flexibility index (Phi) is 3.99. The topological polar surface area (TPSA) is 54.2 Å². The molecule has 1 aliphatic heterocycles. The molecule has 2 rings (SSSR count). The Labute approximate surface area is 103 Å². The maximum atomic E-state index is 5.69. The number of hydrogen-bond acceptors (Lipinski definition) is 5. The quantitative estimate of drug-likeness (QED) is 0.850. The minimum atomic E-state index is 0.116. The van der Waals surface area contributed by atoms with Crippen molar-refractivity contribution in [3.8, 4) is 0 Å². The fraction of sp³-hybridized carbons (Fsp3) is 0.833. The molecule has 0 spiro atoms. The number of aromatic nitrogens is 2. The first kappa shape index (κ1) is 12.4. The highest BCUT2D eigenvalue weighted by Crippen LogP contribution is 2.26. The summed E-state index contributed by atoms with van der Waals surface area (Å²) in [4.78, 5) is 2.21. The SMILES string of the molecule is CCCC1CCN(c2nnc(C(C)NC)o2)C1. The highest BCUT2D eigenvalue weighted by molar-refractivity contribution is 5.26. The molecule has 17 heavy (non-hydrogen) atoms. The molecule has 1 aromatic heterocycles. The van der Waals surface area contributed by atoms with Crippen LogP contribution >= 0.6 is 0 Å². The summed E-state index contributed by atoms with van der Waals surface area (Å²) in [6, 6.07) is 0.797. The predicted molar refractivity (Wildman–Crippen MR) is 67.0 cm³/mol. The van der Waals surface area contributed by atoms with E-state index in [1.54, 1.807) is 0 Å². The Morgan fingerprint density at radius 1 is 1.53 bits per heavy atom. The van der Waals surface area contributed by atoms with E-state index in [2.05, 4.69) is 27.3 Å². The normalized spacial score (nSPS) is 22.1. The van der Waals surface area contributed by atoms with Gasteiger partial charge in [0.15, 0.2) is 0 Å². The van der Waals surface area contributed by atoms with Crippen LogP contribution in [0.1, 0.15) is 45.0 Å². The van der Waals surface area contributed by atoms with Gasteiger partial charge in [-0.05, 0) is 32.7 Å². The first-order valence-corrected chi connectivity index (χ1v) is 6.50. The molecule has 96 valence electrons. The molecule has 1 N–H and O–H groups in total. The van der Waals surface area contributed by atoms with Crippen molar-refractivity contribution in [2.24, 2.45) is 5.92 Å². The lowest BCUT2D eigenvalue weighted by molar-refractivity contribution is 0.431. The van der Waals surface area contributed by atoms with Crippen LogP contribution in [-0.4, -0.2) is 30.3 Å². The summed E-state index contributed by atoms with van der Waals surface area (Å²) >= 11 is 0. The molecular formula is C12H22N4O. The Bertz CT molecular complexity index is 352. The molecule has 0 amide bonds. The Morgan fingerprint density at radius 2 is 2.35 bits per heavy atom. The second-order valence-corrected chi connectivity index (χ2v) is 4.82. The zero-order valence-corrected chi connectivity index (χ0v) is 10.9. The largest absolute Gasteiger partial charge is 0.406 e. The highest BCUT2D eigenvalue weighted by atomic mass is 16.4. The molecule has 0 bridgehead atoms. The second-order valence-electron chi connectivity index (χ2n) is 4.82. The lowest BCUT2D eigenvalue weighted by Crippen LogP contribution is -2.19. The Morgan fingerprint density at radius 3 is 3.06 bits per heavy atom. The van der Waals surface area contributed by atoms with Gasteiger partial charge in [0.2, 0.25) is 5.89 Å². The van der Waals surface area contributed by atoms with Gasteiger partial charge in [-0.25, -0.2) is 0 Å². The van der Waals surface area contributed by atoms with Gasteiger partial charge in [0, 0.05) is 13.1 Å². The van der Waals surface area contributed by atoms with Crippen LogP contribution in [0.25, 0.3) is 0 Å². The van der Waals surface area contributed by atoms with E-state index in [1.807, 2.05) is 14.0 Å². The van der Waals surface area contributed by atoms with Crippen molar-refractivity contribution < 1.29 is 4.42 Å². The lowest BCUT2D eigenvalue weighted by atomic mass is 10.0. The van der Waals surface area contributed by atoms with Crippen LogP contribution in [0, 0.1) is 5.92 Å². The summed E-state index contributed by atoms with van der Waals surface area (Å²) in [7, 11) is 1.89. The van der Waals surface area contributed by atoms with E-state index in [-0.39, 0.29) is 6.04 Å². The molecule has 0 saturated carbocycles. The first-order valence-electron chi connectivity index (χ1n) is 6.50. The van der Waals surface area contributed by atoms with Crippen LogP contribution in [-0.2, 0) is 0 Å². The number of nitrogens with zero attached hydrogens (tertiary/aromatic N) is 3. The molecular weight excluding hydrogens is 216 g/mol. The predicted octanol–water partition coefficient (Wildman–Crippen LogP) is 1.98. The molecule has 5 heteroatoms. The van der Waals surface area contributed by atoms with Crippen LogP contribution in [0.2, 0.25) is 0 Å². The van der Waals surface area contributed by atoms with Crippen molar-refractivity contribution in [2.45, 2.75) is 39.2 Å². The second kappa shape index (κ2) is 5.49. The Hall–Kier alpha value is -1.10. The zero-order chi connectivity index (χ0) is 12.3. The third-order valence-electron chi connectivity index (χ3n) is 3.49. The van der Waals surface area contributed by atoms with Crippen LogP contribution in [0.15, 0.2) is 4.42 Å². The van der Waals surface area contributed by atoms with E-state index in [0.29, 0.717) is 11.9 Å². The summed E-state index contributed by atoms with van der Waals surface area (Å²) in [5.41, 5.74) is 0. The van der Waals surface area contributed by atoms with Crippen molar-refractivity contribution in [1.82, 2.24) is 15.5 Å². The minimum absolute atomic E-state index is 0.116. The fourth-order valence-electron chi connectivity index (χ4n) is 2.30. The molecule has 2 unspecified atom stereocenters. The molecule has 0 aromatic carbocycles. The van der Waals surface area contributed by atoms with Gasteiger partial charge >= 0.3 is 6.01 Å². The van der Waals surface area contributed by atoms with Gasteiger partial charge < -0.3 is 14.6 Å². The summed E-state index contributed by atoms with van der Waals surface area (Å²) in [6.45, 7) is 6.35. The van der Waals surface area contributed by atoms with E-state index < -0.39 is 0 Å². The van der Waals surface area contributed by atoms with Crippen LogP contribution in [0.4, 0.5) is 6.01 Å². The maximum Gasteiger partial charge on any atom is 0.318 e. The minimum Gasteiger partial charge on any atom is -0.406 e. The number of nitrogens with one attached hydrogen (secondary N) is 1. The van der Waals surface area contributed by atoms with Gasteiger partial charge in [-0.2, -0.15) is 0 Å². The van der Waals surface area contributed by atoms with Crippen LogP contribution in [0.3, 0.4) is 0 Å². The van der Waals surface area contributed by atoms with Crippen LogP contribution in [0.5, 0.6) is 0 Å². The Balaban J connectivity index is 1.97. The molecule has 2 heterocycles. The molecule has 1 saturated heterocycles. The van der Waals surface area contributed by atoms with Gasteiger partial charge in [0.25, 0.3) is 0 Å². The van der Waals surface area contributed by atoms with Crippen molar-refractivity contribution in [3.05, 3.63) is 5.89 Å². The molecule has 1 aliphatic rings. The number of rotatable bonds is 5. The van der Waals surface area contributed by atoms with E-state index >= 15 is 0 Å². The zero-order valence-electron chi connectivity index (χ0n) is 10.9. The summed E-state index contributed by atoms with van der Waals surface area (Å²) in [6.07, 6.45) is 3.79. The maximum absolute atomic E-state index is 5.69. The van der Waals surface area contributed by atoms with Crippen molar-refractivity contribution >= 4 is 6.01 Å². The molecule has 5 nitrogen and oxygen atoms in total. The average Bonchev–Trinajstić information content (AvgIpc) is 2.96. The van der Waals surface area contributed by atoms with Crippen molar-refractivity contribution in [1.29, 1.82) is 0 Å². The number of anilines is 1. The number of hydrogen-bond donors (Lipinski definition) is 1. The molecule has 0 radical (unpaired) electrons. The standard InChI is InChI=1S/C12H22N4O/c1-4-5-10-6-7-16(8-10)12-15-14-11(17-12)9(2)13-3/h9-10,13H,4-8H2,1-3H3. The fourth-order valence-corrected chi connectivity index (χ4v) is 2.30. The average molecular weight is 238 g/mol. The van der Waals surface area contributed by atoms with Crippen LogP contribution < -0.4 is 10.2 Å². The van der Waals surface area contributed by atoms with Gasteiger partial charge in [0.1, 0.15) is 0 Å². The van der Waals surface area contributed by atoms with E-state index in [0.717, 1.165) is 19.0 Å². The monoisotopic (exact) mass is 238 g/mol. The first-order chi connectivity index (χ1) is 8.24. The van der Waals surface area contributed by atoms with E-state index in [4.69, 9.17) is 4.42 Å². The van der Waals surface area contributed by atoms with E-state index in [1.165, 1.54) is 19.3 Å². The van der Waals surface area contributed by atoms with Gasteiger partial charge in [-0.3, -0.25) is 0 Å². The van der Waals surface area contributed by atoms with E-state index in [9.17, 15) is 0 Å². The third kappa shape index (κ3) is 2.77. The smallest absolute Gasteiger partial charge is 0.318 e. The van der Waals surface area contributed by atoms with Crippen molar-refractivity contribution in [2.75, 3.05) is 25.0 Å². The molecule has 1 aromatic rings. The van der Waals surface area contributed by atoms with Gasteiger partial charge in [-0.15, -0.1) is 5.10 Å². The summed E-state index contributed by atoms with van der Waals surface area (Å²) < 4.78 is 5.69. The summed E-state index contributed by atoms with van der Waals surface area (Å²) in [5, 5.41) is 11.3. The van der Waals surface area contributed by atoms with Gasteiger partial charge in [0.05, 0.1) is 6.04 Å². The molecule has 2 atom stereocenters. The molecule has 1 fully saturated rings. The molecule has 0 aliphatic carbocycles. The summed E-state index contributed by atoms with van der Waals surface area (Å²) in [5.74, 6) is 1.46. The lowest BCUT2D eigenvalue weighted by Gasteiger charge is -2.12. The third-order valence-corrected chi connectivity index (χ3v) is 3.49. The van der Waals surface area contributed by atoms with Crippen molar-refractivity contribution in [3.63, 3.8) is 0 Å². The highest BCUT2D eigenvalue weighted by Gasteiger charge is 2.26.